The van der Waals surface area contributed by atoms with Crippen molar-refractivity contribution in [1.29, 1.82) is 0 Å². The molecular weight excluding hydrogens is 406 g/mol. The molecule has 4 rings (SSSR count). The zero-order valence-corrected chi connectivity index (χ0v) is 19.7. The number of benzene rings is 1. The molecule has 1 saturated heterocycles. The highest BCUT2D eigenvalue weighted by molar-refractivity contribution is 7.10. The molecule has 0 N–H and O–H groups in total. The number of hydrogen-bond acceptors (Lipinski definition) is 4. The van der Waals surface area contributed by atoms with Crippen molar-refractivity contribution >= 4 is 23.2 Å². The van der Waals surface area contributed by atoms with Gasteiger partial charge in [-0.2, -0.15) is 0 Å². The van der Waals surface area contributed by atoms with Crippen LogP contribution < -0.4 is 0 Å². The summed E-state index contributed by atoms with van der Waals surface area (Å²) in [4.78, 5) is 33.3. The first-order valence-electron chi connectivity index (χ1n) is 11.4. The second-order valence-electron chi connectivity index (χ2n) is 8.80. The van der Waals surface area contributed by atoms with Gasteiger partial charge in [-0.05, 0) is 54.8 Å². The van der Waals surface area contributed by atoms with Gasteiger partial charge in [-0.25, -0.2) is 0 Å². The van der Waals surface area contributed by atoms with Crippen LogP contribution in [-0.4, -0.2) is 65.3 Å². The number of nitrogens with zero attached hydrogens (tertiary/aromatic N) is 3. The van der Waals surface area contributed by atoms with E-state index < -0.39 is 0 Å². The first kappa shape index (κ1) is 22.0. The molecule has 31 heavy (non-hydrogen) atoms. The Morgan fingerprint density at radius 2 is 1.87 bits per heavy atom. The topological polar surface area (TPSA) is 43.9 Å². The van der Waals surface area contributed by atoms with Gasteiger partial charge in [0.2, 0.25) is 11.8 Å². The average molecular weight is 440 g/mol. The highest BCUT2D eigenvalue weighted by Gasteiger charge is 2.34. The Morgan fingerprint density at radius 3 is 2.61 bits per heavy atom. The van der Waals surface area contributed by atoms with Crippen LogP contribution in [0.15, 0.2) is 35.7 Å². The molecule has 0 saturated carbocycles. The summed E-state index contributed by atoms with van der Waals surface area (Å²) in [6.07, 6.45) is 2.45. The van der Waals surface area contributed by atoms with Gasteiger partial charge in [0.25, 0.3) is 0 Å². The molecule has 6 heteroatoms. The number of rotatable bonds is 5. The van der Waals surface area contributed by atoms with Crippen LogP contribution in [-0.2, 0) is 16.0 Å². The quantitative estimate of drug-likeness (QED) is 0.711. The Balaban J connectivity index is 1.49. The predicted octanol–water partition coefficient (Wildman–Crippen LogP) is 3.86. The minimum Gasteiger partial charge on any atom is -0.338 e. The number of carbonyl (C=O) groups is 2. The summed E-state index contributed by atoms with van der Waals surface area (Å²) in [5.41, 5.74) is 3.90. The molecule has 0 aliphatic carbocycles. The third-order valence-corrected chi connectivity index (χ3v) is 7.65. The molecule has 3 heterocycles. The Kier molecular flexibility index (Phi) is 6.77. The monoisotopic (exact) mass is 439 g/mol. The lowest BCUT2D eigenvalue weighted by molar-refractivity contribution is -0.143. The molecule has 5 nitrogen and oxygen atoms in total. The maximum absolute atomic E-state index is 13.3. The third kappa shape index (κ3) is 4.55. The van der Waals surface area contributed by atoms with Crippen LogP contribution in [0, 0.1) is 6.92 Å². The summed E-state index contributed by atoms with van der Waals surface area (Å²) < 4.78 is 0. The van der Waals surface area contributed by atoms with Gasteiger partial charge in [-0.3, -0.25) is 14.5 Å². The molecular formula is C25H33N3O2S. The van der Waals surface area contributed by atoms with Gasteiger partial charge < -0.3 is 9.80 Å². The Labute approximate surface area is 189 Å². The molecule has 1 aromatic heterocycles. The van der Waals surface area contributed by atoms with Crippen molar-refractivity contribution < 1.29 is 9.59 Å². The summed E-state index contributed by atoms with van der Waals surface area (Å²) >= 11 is 1.83. The van der Waals surface area contributed by atoms with Gasteiger partial charge in [0.1, 0.15) is 0 Å². The summed E-state index contributed by atoms with van der Waals surface area (Å²) in [6, 6.07) is 11.0. The van der Waals surface area contributed by atoms with Crippen LogP contribution in [0.4, 0.5) is 0 Å². The van der Waals surface area contributed by atoms with E-state index in [0.29, 0.717) is 32.6 Å². The van der Waals surface area contributed by atoms with Gasteiger partial charge in [0, 0.05) is 43.5 Å². The van der Waals surface area contributed by atoms with Crippen LogP contribution in [0.1, 0.15) is 54.3 Å². The standard InChI is InChI=1S/C25H33N3O2S/c1-4-7-23(29)28-14-13-26(16-19(28)3)24(30)17-27-12-10-22-21(11-15-31-22)25(27)20-9-6-5-8-18(20)2/h5-6,8-9,11,15,19,25H,4,7,10,12-14,16-17H2,1-3H3/t19-,25+/m1/s1. The van der Waals surface area contributed by atoms with Gasteiger partial charge in [0.15, 0.2) is 0 Å². The third-order valence-electron chi connectivity index (χ3n) is 6.65. The van der Waals surface area contributed by atoms with Crippen molar-refractivity contribution in [3.63, 3.8) is 0 Å². The fourth-order valence-electron chi connectivity index (χ4n) is 4.98. The lowest BCUT2D eigenvalue weighted by atomic mass is 9.90. The van der Waals surface area contributed by atoms with Crippen LogP contribution in [0.5, 0.6) is 0 Å². The molecule has 2 aliphatic heterocycles. The molecule has 2 amide bonds. The van der Waals surface area contributed by atoms with Crippen molar-refractivity contribution in [1.82, 2.24) is 14.7 Å². The summed E-state index contributed by atoms with van der Waals surface area (Å²) in [5, 5.41) is 2.18. The second kappa shape index (κ2) is 9.53. The van der Waals surface area contributed by atoms with E-state index in [2.05, 4.69) is 54.5 Å². The smallest absolute Gasteiger partial charge is 0.236 e. The molecule has 1 aromatic carbocycles. The first-order chi connectivity index (χ1) is 15.0. The number of carbonyl (C=O) groups excluding carboxylic acids is 2. The number of aryl methyl sites for hydroxylation is 1. The lowest BCUT2D eigenvalue weighted by Crippen LogP contribution is -2.57. The van der Waals surface area contributed by atoms with E-state index >= 15 is 0 Å². The van der Waals surface area contributed by atoms with Gasteiger partial charge in [0.05, 0.1) is 12.6 Å². The van der Waals surface area contributed by atoms with E-state index in [1.54, 1.807) is 0 Å². The summed E-state index contributed by atoms with van der Waals surface area (Å²) in [5.74, 6) is 0.384. The number of hydrogen-bond donors (Lipinski definition) is 0. The molecule has 2 aliphatic rings. The van der Waals surface area contributed by atoms with E-state index in [4.69, 9.17) is 0 Å². The minimum atomic E-state index is 0.0775. The van der Waals surface area contributed by atoms with Crippen molar-refractivity contribution in [2.75, 3.05) is 32.7 Å². The van der Waals surface area contributed by atoms with E-state index in [9.17, 15) is 9.59 Å². The van der Waals surface area contributed by atoms with Crippen LogP contribution >= 0.6 is 11.3 Å². The molecule has 0 bridgehead atoms. The van der Waals surface area contributed by atoms with Crippen molar-refractivity contribution in [2.45, 2.75) is 52.1 Å². The number of amides is 2. The van der Waals surface area contributed by atoms with Gasteiger partial charge >= 0.3 is 0 Å². The molecule has 2 aromatic rings. The average Bonchev–Trinajstić information content (AvgIpc) is 3.23. The van der Waals surface area contributed by atoms with E-state index in [-0.39, 0.29) is 23.9 Å². The Bertz CT molecular complexity index is 940. The van der Waals surface area contributed by atoms with Crippen molar-refractivity contribution in [3.05, 3.63) is 57.3 Å². The normalized spacial score (nSPS) is 21.8. The zero-order valence-electron chi connectivity index (χ0n) is 18.8. The molecule has 166 valence electrons. The Hall–Kier alpha value is -2.18. The molecule has 0 spiro atoms. The summed E-state index contributed by atoms with van der Waals surface area (Å²) in [6.45, 7) is 9.46. The van der Waals surface area contributed by atoms with Crippen LogP contribution in [0.2, 0.25) is 0 Å². The number of fused-ring (bicyclic) bond motifs is 1. The molecule has 1 fully saturated rings. The van der Waals surface area contributed by atoms with Crippen LogP contribution in [0.3, 0.4) is 0 Å². The number of thiophene rings is 1. The van der Waals surface area contributed by atoms with Crippen molar-refractivity contribution in [3.8, 4) is 0 Å². The summed E-state index contributed by atoms with van der Waals surface area (Å²) in [7, 11) is 0. The maximum atomic E-state index is 13.3. The Morgan fingerprint density at radius 1 is 1.06 bits per heavy atom. The van der Waals surface area contributed by atoms with E-state index in [0.717, 1.165) is 19.4 Å². The SMILES string of the molecule is CCCC(=O)N1CCN(C(=O)CN2CCc3sccc3[C@@H]2c2ccccc2C)C[C@H]1C. The van der Waals surface area contributed by atoms with Gasteiger partial charge in [-0.15, -0.1) is 11.3 Å². The maximum Gasteiger partial charge on any atom is 0.236 e. The number of piperazine rings is 1. The van der Waals surface area contributed by atoms with Gasteiger partial charge in [-0.1, -0.05) is 31.2 Å². The van der Waals surface area contributed by atoms with E-state index in [1.807, 2.05) is 28.1 Å². The fraction of sp³-hybridized carbons (Fsp3) is 0.520. The predicted molar refractivity (Wildman–Crippen MR) is 125 cm³/mol. The second-order valence-corrected chi connectivity index (χ2v) is 9.81. The molecule has 2 atom stereocenters. The zero-order chi connectivity index (χ0) is 22.0. The van der Waals surface area contributed by atoms with E-state index in [1.165, 1.54) is 21.6 Å². The highest BCUT2D eigenvalue weighted by atomic mass is 32.1. The fourth-order valence-corrected chi connectivity index (χ4v) is 5.89. The molecule has 0 unspecified atom stereocenters. The first-order valence-corrected chi connectivity index (χ1v) is 12.3. The van der Waals surface area contributed by atoms with Crippen molar-refractivity contribution in [2.24, 2.45) is 0 Å². The highest BCUT2D eigenvalue weighted by Crippen LogP contribution is 2.38. The lowest BCUT2D eigenvalue weighted by Gasteiger charge is -2.42. The largest absolute Gasteiger partial charge is 0.338 e. The minimum absolute atomic E-state index is 0.0775. The molecule has 0 radical (unpaired) electrons. The van der Waals surface area contributed by atoms with Crippen LogP contribution in [0.25, 0.3) is 0 Å².